The van der Waals surface area contributed by atoms with Crippen LogP contribution in [0.5, 0.6) is 0 Å². The van der Waals surface area contributed by atoms with Crippen LogP contribution in [0.2, 0.25) is 0 Å². The minimum absolute atomic E-state index is 0.726. The van der Waals surface area contributed by atoms with Crippen molar-refractivity contribution in [2.75, 3.05) is 11.5 Å². The normalized spacial score (nSPS) is 17.6. The van der Waals surface area contributed by atoms with E-state index in [1.807, 2.05) is 23.9 Å². The number of nitriles is 1. The van der Waals surface area contributed by atoms with Crippen molar-refractivity contribution in [3.63, 3.8) is 0 Å². The van der Waals surface area contributed by atoms with Gasteiger partial charge in [-0.05, 0) is 48.0 Å². The number of rotatable bonds is 1. The quantitative estimate of drug-likeness (QED) is 0.700. The first-order chi connectivity index (χ1) is 6.90. The summed E-state index contributed by atoms with van der Waals surface area (Å²) in [4.78, 5) is 0. The van der Waals surface area contributed by atoms with E-state index in [1.54, 1.807) is 0 Å². The van der Waals surface area contributed by atoms with Crippen molar-refractivity contribution >= 4 is 11.8 Å². The molecule has 1 saturated heterocycles. The maximum Gasteiger partial charge on any atom is 0.0991 e. The van der Waals surface area contributed by atoms with E-state index in [9.17, 15) is 0 Å². The Morgan fingerprint density at radius 1 is 1.14 bits per heavy atom. The van der Waals surface area contributed by atoms with Crippen LogP contribution in [-0.4, -0.2) is 11.5 Å². The molecule has 1 aliphatic rings. The summed E-state index contributed by atoms with van der Waals surface area (Å²) in [5.41, 5.74) is 2.17. The molecular formula is C12H13NS. The third kappa shape index (κ3) is 2.10. The van der Waals surface area contributed by atoms with Crippen LogP contribution in [-0.2, 0) is 0 Å². The maximum atomic E-state index is 8.69. The number of nitrogens with zero attached hydrogens (tertiary/aromatic N) is 1. The first-order valence-electron chi connectivity index (χ1n) is 4.98. The summed E-state index contributed by atoms with van der Waals surface area (Å²) in [5.74, 6) is 3.29. The van der Waals surface area contributed by atoms with Gasteiger partial charge in [-0.15, -0.1) is 0 Å². The van der Waals surface area contributed by atoms with Crippen LogP contribution < -0.4 is 0 Å². The Balaban J connectivity index is 2.12. The molecule has 2 heteroatoms. The van der Waals surface area contributed by atoms with Crippen LogP contribution in [0.4, 0.5) is 0 Å². The highest BCUT2D eigenvalue weighted by atomic mass is 32.2. The molecule has 0 aliphatic carbocycles. The molecule has 0 amide bonds. The summed E-state index contributed by atoms with van der Waals surface area (Å²) in [6.45, 7) is 0. The van der Waals surface area contributed by atoms with Crippen molar-refractivity contribution in [3.8, 4) is 6.07 Å². The third-order valence-electron chi connectivity index (χ3n) is 2.73. The monoisotopic (exact) mass is 203 g/mol. The zero-order valence-electron chi connectivity index (χ0n) is 8.07. The SMILES string of the molecule is N#Cc1ccc(C2CCSCC2)cc1. The van der Waals surface area contributed by atoms with Crippen molar-refractivity contribution in [1.82, 2.24) is 0 Å². The maximum absolute atomic E-state index is 8.69. The molecule has 14 heavy (non-hydrogen) atoms. The van der Waals surface area contributed by atoms with E-state index in [1.165, 1.54) is 29.9 Å². The summed E-state index contributed by atoms with van der Waals surface area (Å²) >= 11 is 2.05. The van der Waals surface area contributed by atoms with Crippen LogP contribution in [0.25, 0.3) is 0 Å². The van der Waals surface area contributed by atoms with Crippen molar-refractivity contribution in [2.24, 2.45) is 0 Å². The van der Waals surface area contributed by atoms with E-state index in [0.29, 0.717) is 0 Å². The van der Waals surface area contributed by atoms with Crippen LogP contribution in [0.1, 0.15) is 29.9 Å². The van der Waals surface area contributed by atoms with E-state index in [0.717, 1.165) is 11.5 Å². The standard InChI is InChI=1S/C12H13NS/c13-9-10-1-3-11(4-2-10)12-5-7-14-8-6-12/h1-4,12H,5-8H2. The zero-order chi connectivity index (χ0) is 9.80. The van der Waals surface area contributed by atoms with Gasteiger partial charge in [0.15, 0.2) is 0 Å². The molecule has 0 bridgehead atoms. The van der Waals surface area contributed by atoms with Gasteiger partial charge in [-0.25, -0.2) is 0 Å². The van der Waals surface area contributed by atoms with E-state index in [-0.39, 0.29) is 0 Å². The van der Waals surface area contributed by atoms with Gasteiger partial charge in [0.05, 0.1) is 11.6 Å². The topological polar surface area (TPSA) is 23.8 Å². The molecule has 1 nitrogen and oxygen atoms in total. The Bertz CT molecular complexity index is 330. The van der Waals surface area contributed by atoms with Gasteiger partial charge in [0.25, 0.3) is 0 Å². The molecule has 0 atom stereocenters. The Kier molecular flexibility index (Phi) is 3.10. The summed E-state index contributed by atoms with van der Waals surface area (Å²) in [6.07, 6.45) is 2.58. The van der Waals surface area contributed by atoms with Crippen LogP contribution in [0.15, 0.2) is 24.3 Å². The van der Waals surface area contributed by atoms with Crippen LogP contribution in [0, 0.1) is 11.3 Å². The number of hydrogen-bond acceptors (Lipinski definition) is 2. The predicted molar refractivity (Wildman–Crippen MR) is 60.5 cm³/mol. The number of thioether (sulfide) groups is 1. The third-order valence-corrected chi connectivity index (χ3v) is 3.78. The second-order valence-corrected chi connectivity index (χ2v) is 4.85. The predicted octanol–water partition coefficient (Wildman–Crippen LogP) is 3.17. The first-order valence-corrected chi connectivity index (χ1v) is 6.13. The van der Waals surface area contributed by atoms with Gasteiger partial charge in [-0.2, -0.15) is 17.0 Å². The van der Waals surface area contributed by atoms with Crippen molar-refractivity contribution in [1.29, 1.82) is 5.26 Å². The fraction of sp³-hybridized carbons (Fsp3) is 0.417. The summed E-state index contributed by atoms with van der Waals surface area (Å²) < 4.78 is 0. The molecule has 1 heterocycles. The highest BCUT2D eigenvalue weighted by molar-refractivity contribution is 7.99. The molecule has 0 N–H and O–H groups in total. The lowest BCUT2D eigenvalue weighted by Gasteiger charge is -2.21. The van der Waals surface area contributed by atoms with Crippen LogP contribution in [0.3, 0.4) is 0 Å². The summed E-state index contributed by atoms with van der Waals surface area (Å²) in [5, 5.41) is 8.69. The molecule has 0 aromatic heterocycles. The smallest absolute Gasteiger partial charge is 0.0991 e. The molecule has 1 aromatic rings. The van der Waals surface area contributed by atoms with Crippen molar-refractivity contribution < 1.29 is 0 Å². The second-order valence-electron chi connectivity index (χ2n) is 3.62. The Morgan fingerprint density at radius 2 is 1.79 bits per heavy atom. The molecule has 2 rings (SSSR count). The Hall–Kier alpha value is -0.940. The molecule has 0 spiro atoms. The zero-order valence-corrected chi connectivity index (χ0v) is 8.89. The Morgan fingerprint density at radius 3 is 2.36 bits per heavy atom. The van der Waals surface area contributed by atoms with Gasteiger partial charge in [0.1, 0.15) is 0 Å². The lowest BCUT2D eigenvalue weighted by molar-refractivity contribution is 0.637. The lowest BCUT2D eigenvalue weighted by Crippen LogP contribution is -2.07. The van der Waals surface area contributed by atoms with Gasteiger partial charge >= 0.3 is 0 Å². The van der Waals surface area contributed by atoms with Crippen LogP contribution >= 0.6 is 11.8 Å². The van der Waals surface area contributed by atoms with E-state index in [4.69, 9.17) is 5.26 Å². The summed E-state index contributed by atoms with van der Waals surface area (Å²) in [7, 11) is 0. The van der Waals surface area contributed by atoms with E-state index >= 15 is 0 Å². The second kappa shape index (κ2) is 4.52. The largest absolute Gasteiger partial charge is 0.192 e. The minimum atomic E-state index is 0.726. The molecule has 1 aliphatic heterocycles. The molecule has 0 saturated carbocycles. The van der Waals surface area contributed by atoms with E-state index in [2.05, 4.69) is 18.2 Å². The number of benzene rings is 1. The average molecular weight is 203 g/mol. The highest BCUT2D eigenvalue weighted by Crippen LogP contribution is 2.31. The molecule has 0 unspecified atom stereocenters. The highest BCUT2D eigenvalue weighted by Gasteiger charge is 2.15. The van der Waals surface area contributed by atoms with Gasteiger partial charge in [0.2, 0.25) is 0 Å². The summed E-state index contributed by atoms with van der Waals surface area (Å²) in [6, 6.07) is 10.2. The number of hydrogen-bond donors (Lipinski definition) is 0. The van der Waals surface area contributed by atoms with Crippen molar-refractivity contribution in [3.05, 3.63) is 35.4 Å². The lowest BCUT2D eigenvalue weighted by atomic mass is 9.93. The molecule has 0 radical (unpaired) electrons. The average Bonchev–Trinajstić information content (AvgIpc) is 2.30. The molecule has 1 aromatic carbocycles. The van der Waals surface area contributed by atoms with Gasteiger partial charge in [-0.3, -0.25) is 0 Å². The van der Waals surface area contributed by atoms with E-state index < -0.39 is 0 Å². The fourth-order valence-corrected chi connectivity index (χ4v) is 2.97. The molecular weight excluding hydrogens is 190 g/mol. The fourth-order valence-electron chi connectivity index (χ4n) is 1.86. The molecule has 72 valence electrons. The van der Waals surface area contributed by atoms with Gasteiger partial charge < -0.3 is 0 Å². The molecule has 1 fully saturated rings. The van der Waals surface area contributed by atoms with Gasteiger partial charge in [0, 0.05) is 0 Å². The van der Waals surface area contributed by atoms with Gasteiger partial charge in [-0.1, -0.05) is 12.1 Å². The Labute approximate surface area is 89.1 Å². The van der Waals surface area contributed by atoms with Crippen molar-refractivity contribution in [2.45, 2.75) is 18.8 Å². The first kappa shape index (κ1) is 9.61. The minimum Gasteiger partial charge on any atom is -0.192 e.